The zero-order valence-electron chi connectivity index (χ0n) is 16.4. The molecule has 6 nitrogen and oxygen atoms in total. The molecule has 1 saturated heterocycles. The fourth-order valence-corrected chi connectivity index (χ4v) is 3.90. The number of aromatic nitrogens is 3. The third kappa shape index (κ3) is 4.16. The summed E-state index contributed by atoms with van der Waals surface area (Å²) in [6.45, 7) is 4.57. The number of nitrogens with zero attached hydrogens (tertiary/aromatic N) is 3. The van der Waals surface area contributed by atoms with E-state index in [0.29, 0.717) is 5.02 Å². The van der Waals surface area contributed by atoms with Crippen LogP contribution in [0.3, 0.4) is 0 Å². The molecule has 0 saturated carbocycles. The first-order valence-electron chi connectivity index (χ1n) is 10.0. The predicted molar refractivity (Wildman–Crippen MR) is 120 cm³/mol. The maximum Gasteiger partial charge on any atom is 0.143 e. The summed E-state index contributed by atoms with van der Waals surface area (Å²) in [6, 6.07) is 18.3. The van der Waals surface area contributed by atoms with Crippen LogP contribution in [-0.2, 0) is 11.3 Å². The molecule has 0 radical (unpaired) electrons. The molecule has 2 aromatic heterocycles. The number of benzene rings is 2. The number of halogens is 1. The van der Waals surface area contributed by atoms with Crippen molar-refractivity contribution in [2.75, 3.05) is 31.6 Å². The van der Waals surface area contributed by atoms with E-state index in [1.165, 1.54) is 5.56 Å². The Labute approximate surface area is 179 Å². The van der Waals surface area contributed by atoms with E-state index in [0.717, 1.165) is 66.6 Å². The Morgan fingerprint density at radius 1 is 1.03 bits per heavy atom. The van der Waals surface area contributed by atoms with Crippen LogP contribution in [0.4, 0.5) is 11.5 Å². The molecule has 1 aliphatic rings. The number of H-pyrrole nitrogens is 1. The normalized spacial score (nSPS) is 14.8. The molecule has 0 amide bonds. The smallest absolute Gasteiger partial charge is 0.143 e. The summed E-state index contributed by atoms with van der Waals surface area (Å²) in [5.41, 5.74) is 5.12. The van der Waals surface area contributed by atoms with E-state index in [1.54, 1.807) is 6.33 Å². The highest BCUT2D eigenvalue weighted by Crippen LogP contribution is 2.29. The van der Waals surface area contributed by atoms with Crippen LogP contribution in [0.5, 0.6) is 0 Å². The molecule has 30 heavy (non-hydrogen) atoms. The lowest BCUT2D eigenvalue weighted by molar-refractivity contribution is 0.0342. The topological polar surface area (TPSA) is 66.1 Å². The molecule has 0 atom stereocenters. The number of morpholine rings is 1. The number of aromatic amines is 1. The maximum atomic E-state index is 6.10. The lowest BCUT2D eigenvalue weighted by Gasteiger charge is -2.26. The summed E-state index contributed by atoms with van der Waals surface area (Å²) in [7, 11) is 0. The van der Waals surface area contributed by atoms with Crippen molar-refractivity contribution in [3.8, 4) is 11.3 Å². The van der Waals surface area contributed by atoms with Crippen LogP contribution >= 0.6 is 11.6 Å². The second kappa shape index (κ2) is 8.44. The second-order valence-corrected chi connectivity index (χ2v) is 7.82. The summed E-state index contributed by atoms with van der Waals surface area (Å²) >= 11 is 6.10. The lowest BCUT2D eigenvalue weighted by atomic mass is 10.1. The average molecular weight is 420 g/mol. The molecule has 2 aromatic carbocycles. The molecule has 2 N–H and O–H groups in total. The summed E-state index contributed by atoms with van der Waals surface area (Å²) in [5.74, 6) is 0.744. The van der Waals surface area contributed by atoms with Crippen molar-refractivity contribution in [3.63, 3.8) is 0 Å². The Morgan fingerprint density at radius 2 is 1.87 bits per heavy atom. The summed E-state index contributed by atoms with van der Waals surface area (Å²) in [6.07, 6.45) is 1.56. The van der Waals surface area contributed by atoms with Gasteiger partial charge in [-0.3, -0.25) is 4.90 Å². The van der Waals surface area contributed by atoms with E-state index >= 15 is 0 Å². The van der Waals surface area contributed by atoms with E-state index in [4.69, 9.17) is 16.3 Å². The van der Waals surface area contributed by atoms with Gasteiger partial charge in [-0.1, -0.05) is 41.9 Å². The van der Waals surface area contributed by atoms with Gasteiger partial charge in [-0.15, -0.1) is 0 Å². The number of ether oxygens (including phenoxy) is 1. The number of fused-ring (bicyclic) bond motifs is 1. The minimum Gasteiger partial charge on any atom is -0.379 e. The van der Waals surface area contributed by atoms with Gasteiger partial charge < -0.3 is 15.0 Å². The lowest BCUT2D eigenvalue weighted by Crippen LogP contribution is -2.35. The third-order valence-corrected chi connectivity index (χ3v) is 5.52. The van der Waals surface area contributed by atoms with Gasteiger partial charge in [0.05, 0.1) is 18.6 Å². The summed E-state index contributed by atoms with van der Waals surface area (Å²) in [5, 5.41) is 4.95. The Hall–Kier alpha value is -2.93. The molecule has 4 aromatic rings. The van der Waals surface area contributed by atoms with Gasteiger partial charge in [0.25, 0.3) is 0 Å². The Balaban J connectivity index is 1.38. The van der Waals surface area contributed by atoms with Gasteiger partial charge in [-0.2, -0.15) is 0 Å². The fourth-order valence-electron chi connectivity index (χ4n) is 3.71. The molecule has 1 fully saturated rings. The molecule has 0 spiro atoms. The summed E-state index contributed by atoms with van der Waals surface area (Å²) in [4.78, 5) is 14.6. The van der Waals surface area contributed by atoms with Crippen molar-refractivity contribution < 1.29 is 4.74 Å². The quantitative estimate of drug-likeness (QED) is 0.484. The minimum absolute atomic E-state index is 0.678. The zero-order valence-corrected chi connectivity index (χ0v) is 17.2. The van der Waals surface area contributed by atoms with E-state index < -0.39 is 0 Å². The number of rotatable bonds is 5. The van der Waals surface area contributed by atoms with Crippen molar-refractivity contribution >= 4 is 34.1 Å². The van der Waals surface area contributed by atoms with Crippen LogP contribution in [0, 0.1) is 0 Å². The van der Waals surface area contributed by atoms with Crippen molar-refractivity contribution in [2.45, 2.75) is 6.54 Å². The molecule has 1 aliphatic heterocycles. The standard InChI is InChI=1S/C23H22ClN5O/c24-18-2-1-3-19(12-18)27-22-20-13-21(28-23(20)26-15-25-22)17-6-4-16(5-7-17)14-29-8-10-30-11-9-29/h1-7,12-13,15H,8-11,14H2,(H2,25,26,27,28). The zero-order chi connectivity index (χ0) is 20.3. The van der Waals surface area contributed by atoms with Crippen molar-refractivity contribution in [1.82, 2.24) is 19.9 Å². The van der Waals surface area contributed by atoms with Crippen LogP contribution < -0.4 is 5.32 Å². The van der Waals surface area contributed by atoms with Gasteiger partial charge >= 0.3 is 0 Å². The molecule has 0 bridgehead atoms. The highest BCUT2D eigenvalue weighted by molar-refractivity contribution is 6.30. The SMILES string of the molecule is Clc1cccc(Nc2ncnc3[nH]c(-c4ccc(CN5CCOCC5)cc4)cc23)c1. The van der Waals surface area contributed by atoms with Crippen LogP contribution in [0.2, 0.25) is 5.02 Å². The number of hydrogen-bond donors (Lipinski definition) is 2. The third-order valence-electron chi connectivity index (χ3n) is 5.29. The van der Waals surface area contributed by atoms with E-state index in [1.807, 2.05) is 24.3 Å². The predicted octanol–water partition coefficient (Wildman–Crippen LogP) is 4.85. The van der Waals surface area contributed by atoms with E-state index in [9.17, 15) is 0 Å². The van der Waals surface area contributed by atoms with Gasteiger partial charge in [0.15, 0.2) is 0 Å². The van der Waals surface area contributed by atoms with E-state index in [-0.39, 0.29) is 0 Å². The Kier molecular flexibility index (Phi) is 5.36. The molecular formula is C23H22ClN5O. The second-order valence-electron chi connectivity index (χ2n) is 7.39. The van der Waals surface area contributed by atoms with Crippen LogP contribution in [0.1, 0.15) is 5.56 Å². The van der Waals surface area contributed by atoms with Crippen LogP contribution in [0.15, 0.2) is 60.9 Å². The molecule has 0 aliphatic carbocycles. The largest absolute Gasteiger partial charge is 0.379 e. The molecular weight excluding hydrogens is 398 g/mol. The Bertz CT molecular complexity index is 1150. The first kappa shape index (κ1) is 19.1. The molecule has 0 unspecified atom stereocenters. The molecule has 152 valence electrons. The monoisotopic (exact) mass is 419 g/mol. The maximum absolute atomic E-state index is 6.10. The van der Waals surface area contributed by atoms with Crippen LogP contribution in [-0.4, -0.2) is 46.2 Å². The number of anilines is 2. The number of hydrogen-bond acceptors (Lipinski definition) is 5. The summed E-state index contributed by atoms with van der Waals surface area (Å²) < 4.78 is 5.43. The van der Waals surface area contributed by atoms with Crippen molar-refractivity contribution in [1.29, 1.82) is 0 Å². The molecule has 3 heterocycles. The number of nitrogens with one attached hydrogen (secondary N) is 2. The van der Waals surface area contributed by atoms with Crippen molar-refractivity contribution in [3.05, 3.63) is 71.5 Å². The fraction of sp³-hybridized carbons (Fsp3) is 0.217. The van der Waals surface area contributed by atoms with Gasteiger partial charge in [0.2, 0.25) is 0 Å². The van der Waals surface area contributed by atoms with Crippen molar-refractivity contribution in [2.24, 2.45) is 0 Å². The first-order chi connectivity index (χ1) is 14.7. The molecule has 7 heteroatoms. The molecule has 5 rings (SSSR count). The highest BCUT2D eigenvalue weighted by Gasteiger charge is 2.12. The minimum atomic E-state index is 0.678. The average Bonchev–Trinajstić information content (AvgIpc) is 3.21. The van der Waals surface area contributed by atoms with Gasteiger partial charge in [-0.25, -0.2) is 9.97 Å². The first-order valence-corrected chi connectivity index (χ1v) is 10.4. The van der Waals surface area contributed by atoms with Crippen LogP contribution in [0.25, 0.3) is 22.3 Å². The van der Waals surface area contributed by atoms with Gasteiger partial charge in [0.1, 0.15) is 17.8 Å². The van der Waals surface area contributed by atoms with Gasteiger partial charge in [-0.05, 0) is 35.4 Å². The van der Waals surface area contributed by atoms with Gasteiger partial charge in [0, 0.05) is 36.0 Å². The highest BCUT2D eigenvalue weighted by atomic mass is 35.5. The Morgan fingerprint density at radius 3 is 2.67 bits per heavy atom. The van der Waals surface area contributed by atoms with E-state index in [2.05, 4.69) is 55.5 Å².